The second-order valence-electron chi connectivity index (χ2n) is 8.50. The summed E-state index contributed by atoms with van der Waals surface area (Å²) in [5.74, 6) is 0.379. The first-order chi connectivity index (χ1) is 12.8. The van der Waals surface area contributed by atoms with Gasteiger partial charge in [-0.2, -0.15) is 0 Å². The van der Waals surface area contributed by atoms with Crippen LogP contribution in [0.1, 0.15) is 51.8 Å². The molecule has 0 spiro atoms. The van der Waals surface area contributed by atoms with Gasteiger partial charge in [0.15, 0.2) is 0 Å². The molecular weight excluding hydrogens is 330 g/mol. The van der Waals surface area contributed by atoms with Crippen molar-refractivity contribution in [2.45, 2.75) is 46.0 Å². The molecule has 2 heterocycles. The molecule has 4 aromatic rings. The zero-order valence-corrected chi connectivity index (χ0v) is 16.6. The highest BCUT2D eigenvalue weighted by Crippen LogP contribution is 2.34. The molecule has 0 radical (unpaired) electrons. The fourth-order valence-electron chi connectivity index (χ4n) is 3.41. The van der Waals surface area contributed by atoms with Crippen molar-refractivity contribution in [1.29, 1.82) is 0 Å². The molecule has 4 rings (SSSR count). The van der Waals surface area contributed by atoms with Gasteiger partial charge < -0.3 is 0 Å². The Morgan fingerprint density at radius 1 is 0.852 bits per heavy atom. The Kier molecular flexibility index (Phi) is 4.18. The number of aromatic nitrogens is 3. The van der Waals surface area contributed by atoms with Gasteiger partial charge >= 0.3 is 0 Å². The lowest BCUT2D eigenvalue weighted by molar-refractivity contribution is 0.595. The Morgan fingerprint density at radius 3 is 2.41 bits per heavy atom. The summed E-state index contributed by atoms with van der Waals surface area (Å²) < 4.78 is 0. The van der Waals surface area contributed by atoms with Crippen LogP contribution in [0, 0.1) is 0 Å². The average molecular weight is 355 g/mol. The maximum atomic E-state index is 4.74. The van der Waals surface area contributed by atoms with Crippen LogP contribution in [0.2, 0.25) is 0 Å². The van der Waals surface area contributed by atoms with Crippen LogP contribution in [0.5, 0.6) is 0 Å². The Bertz CT molecular complexity index is 1140. The van der Waals surface area contributed by atoms with Gasteiger partial charge in [0, 0.05) is 17.8 Å². The zero-order chi connectivity index (χ0) is 19.2. The van der Waals surface area contributed by atoms with E-state index in [9.17, 15) is 0 Å². The van der Waals surface area contributed by atoms with Gasteiger partial charge in [-0.25, -0.2) is 4.98 Å². The topological polar surface area (TPSA) is 38.7 Å². The second-order valence-corrected chi connectivity index (χ2v) is 8.50. The van der Waals surface area contributed by atoms with Crippen molar-refractivity contribution < 1.29 is 0 Å². The maximum absolute atomic E-state index is 4.74. The normalized spacial score (nSPS) is 12.2. The largest absolute Gasteiger partial charge is 0.256 e. The van der Waals surface area contributed by atoms with E-state index in [1.54, 1.807) is 0 Å². The zero-order valence-electron chi connectivity index (χ0n) is 16.6. The first kappa shape index (κ1) is 17.6. The minimum Gasteiger partial charge on any atom is -0.256 e. The van der Waals surface area contributed by atoms with Gasteiger partial charge in [-0.1, -0.05) is 46.8 Å². The fourth-order valence-corrected chi connectivity index (χ4v) is 3.41. The van der Waals surface area contributed by atoms with Crippen LogP contribution in [0.15, 0.2) is 54.9 Å². The highest BCUT2D eigenvalue weighted by molar-refractivity contribution is 5.90. The van der Waals surface area contributed by atoms with Crippen molar-refractivity contribution in [3.8, 4) is 11.1 Å². The van der Waals surface area contributed by atoms with Gasteiger partial charge in [0.05, 0.1) is 22.2 Å². The van der Waals surface area contributed by atoms with Crippen LogP contribution in [0.4, 0.5) is 0 Å². The van der Waals surface area contributed by atoms with Crippen LogP contribution in [-0.2, 0) is 5.41 Å². The highest BCUT2D eigenvalue weighted by atomic mass is 14.8. The monoisotopic (exact) mass is 355 g/mol. The molecule has 0 N–H and O–H groups in total. The van der Waals surface area contributed by atoms with E-state index in [0.29, 0.717) is 5.92 Å². The summed E-state index contributed by atoms with van der Waals surface area (Å²) in [5.41, 5.74) is 7.62. The third-order valence-electron chi connectivity index (χ3n) is 5.00. The highest BCUT2D eigenvalue weighted by Gasteiger charge is 2.19. The van der Waals surface area contributed by atoms with E-state index in [1.807, 2.05) is 18.5 Å². The van der Waals surface area contributed by atoms with E-state index in [1.165, 1.54) is 16.5 Å². The van der Waals surface area contributed by atoms with Gasteiger partial charge in [0.2, 0.25) is 0 Å². The maximum Gasteiger partial charge on any atom is 0.0893 e. The quantitative estimate of drug-likeness (QED) is 0.425. The minimum absolute atomic E-state index is 0.0193. The Morgan fingerprint density at radius 2 is 1.67 bits per heavy atom. The summed E-state index contributed by atoms with van der Waals surface area (Å²) in [4.78, 5) is 14.0. The molecule has 0 fully saturated rings. The molecule has 0 aliphatic carbocycles. The predicted molar refractivity (Wildman–Crippen MR) is 113 cm³/mol. The lowest BCUT2D eigenvalue weighted by atomic mass is 9.83. The Balaban J connectivity index is 1.90. The summed E-state index contributed by atoms with van der Waals surface area (Å²) in [6.07, 6.45) is 3.76. The molecule has 2 aromatic carbocycles. The molecule has 0 amide bonds. The van der Waals surface area contributed by atoms with E-state index >= 15 is 0 Å². The third kappa shape index (κ3) is 3.30. The number of benzene rings is 2. The number of hydrogen-bond acceptors (Lipinski definition) is 3. The first-order valence-electron chi connectivity index (χ1n) is 9.49. The molecule has 0 aliphatic rings. The summed E-state index contributed by atoms with van der Waals surface area (Å²) in [5, 5.41) is 1.17. The van der Waals surface area contributed by atoms with Gasteiger partial charge in [-0.05, 0) is 58.4 Å². The molecule has 0 saturated heterocycles. The van der Waals surface area contributed by atoms with E-state index in [2.05, 4.69) is 81.0 Å². The van der Waals surface area contributed by atoms with Crippen molar-refractivity contribution in [1.82, 2.24) is 15.0 Å². The van der Waals surface area contributed by atoms with E-state index in [4.69, 9.17) is 4.98 Å². The number of pyridine rings is 1. The summed E-state index contributed by atoms with van der Waals surface area (Å²) in [6, 6.07) is 15.0. The fraction of sp³-hybridized carbons (Fsp3) is 0.292. The Labute approximate surface area is 160 Å². The molecule has 0 bridgehead atoms. The van der Waals surface area contributed by atoms with Gasteiger partial charge in [-0.15, -0.1) is 0 Å². The predicted octanol–water partition coefficient (Wildman–Crippen LogP) is 6.27. The van der Waals surface area contributed by atoms with Crippen molar-refractivity contribution in [2.75, 3.05) is 0 Å². The first-order valence-corrected chi connectivity index (χ1v) is 9.49. The van der Waals surface area contributed by atoms with E-state index < -0.39 is 0 Å². The van der Waals surface area contributed by atoms with Gasteiger partial charge in [0.1, 0.15) is 0 Å². The van der Waals surface area contributed by atoms with Crippen LogP contribution in [-0.4, -0.2) is 15.0 Å². The van der Waals surface area contributed by atoms with Crippen molar-refractivity contribution >= 4 is 21.9 Å². The molecule has 0 atom stereocenters. The van der Waals surface area contributed by atoms with Crippen LogP contribution >= 0.6 is 0 Å². The molecule has 27 heavy (non-hydrogen) atoms. The van der Waals surface area contributed by atoms with Crippen LogP contribution < -0.4 is 0 Å². The summed E-state index contributed by atoms with van der Waals surface area (Å²) in [7, 11) is 0. The smallest absolute Gasteiger partial charge is 0.0893 e. The lowest BCUT2D eigenvalue weighted by Gasteiger charge is -2.22. The summed E-state index contributed by atoms with van der Waals surface area (Å²) >= 11 is 0. The Hall–Kier alpha value is -2.81. The molecule has 3 heteroatoms. The number of fused-ring (bicyclic) bond motifs is 2. The summed E-state index contributed by atoms with van der Waals surface area (Å²) in [6.45, 7) is 11.0. The number of hydrogen-bond donors (Lipinski definition) is 0. The van der Waals surface area contributed by atoms with Crippen LogP contribution in [0.25, 0.3) is 33.1 Å². The molecular formula is C24H25N3. The third-order valence-corrected chi connectivity index (χ3v) is 5.00. The molecule has 0 unspecified atom stereocenters. The van der Waals surface area contributed by atoms with Gasteiger partial charge in [-0.3, -0.25) is 9.97 Å². The average Bonchev–Trinajstić information content (AvgIpc) is 2.65. The SMILES string of the molecule is CC(C)c1cnc2cc(-c3cc(C(C)(C)C)c4ncccc4c3)ccc2n1. The lowest BCUT2D eigenvalue weighted by Crippen LogP contribution is -2.12. The second kappa shape index (κ2) is 6.41. The molecule has 2 aromatic heterocycles. The van der Waals surface area contributed by atoms with E-state index in [0.717, 1.165) is 27.8 Å². The van der Waals surface area contributed by atoms with Crippen molar-refractivity contribution in [3.05, 3.63) is 66.1 Å². The van der Waals surface area contributed by atoms with E-state index in [-0.39, 0.29) is 5.41 Å². The number of nitrogens with zero attached hydrogens (tertiary/aromatic N) is 3. The molecule has 136 valence electrons. The van der Waals surface area contributed by atoms with Crippen molar-refractivity contribution in [3.63, 3.8) is 0 Å². The molecule has 3 nitrogen and oxygen atoms in total. The standard InChI is InChI=1S/C24H25N3/c1-15(2)22-14-26-21-13-16(8-9-20(21)27-22)18-11-17-7-6-10-25-23(17)19(12-18)24(3,4)5/h6-15H,1-5H3. The van der Waals surface area contributed by atoms with Crippen molar-refractivity contribution in [2.24, 2.45) is 0 Å². The van der Waals surface area contributed by atoms with Gasteiger partial charge in [0.25, 0.3) is 0 Å². The number of rotatable bonds is 2. The molecule has 0 aliphatic heterocycles. The molecule has 0 saturated carbocycles. The van der Waals surface area contributed by atoms with Crippen LogP contribution in [0.3, 0.4) is 0 Å². The minimum atomic E-state index is 0.0193.